The molecule has 248 valence electrons. The van der Waals surface area contributed by atoms with Crippen LogP contribution in [0, 0.1) is 0 Å². The topological polar surface area (TPSA) is 6.48 Å². The van der Waals surface area contributed by atoms with E-state index in [9.17, 15) is 0 Å². The summed E-state index contributed by atoms with van der Waals surface area (Å²) in [7, 11) is 0. The highest BCUT2D eigenvalue weighted by molar-refractivity contribution is 5.90. The predicted molar refractivity (Wildman–Crippen MR) is 221 cm³/mol. The van der Waals surface area contributed by atoms with E-state index in [2.05, 4.69) is 228 Å². The fourth-order valence-electron chi connectivity index (χ4n) is 7.72. The van der Waals surface area contributed by atoms with Crippen molar-refractivity contribution in [2.45, 2.75) is 12.0 Å². The van der Waals surface area contributed by atoms with Crippen LogP contribution in [0.25, 0.3) is 27.1 Å². The Morgan fingerprint density at radius 2 is 0.865 bits per heavy atom. The van der Waals surface area contributed by atoms with Gasteiger partial charge >= 0.3 is 0 Å². The van der Waals surface area contributed by atoms with E-state index in [0.29, 0.717) is 0 Å². The summed E-state index contributed by atoms with van der Waals surface area (Å²) in [6, 6.07) is 72.1. The standard InChI is InChI=1S/C50H38N2/c1-4-18-44(19-5-1)50(52(47-22-8-3-9-23-47)49-31-27-39-15-11-13-17-43(39)37-49)34-32-41(33-35-50)40-24-28-46(29-25-40)51(45-20-6-2-7-21-45)48-30-26-38-14-10-12-16-42(38)36-48/h1-34,36-37H,35H2. The van der Waals surface area contributed by atoms with Crippen molar-refractivity contribution in [1.82, 2.24) is 0 Å². The number of nitrogens with zero attached hydrogens (tertiary/aromatic N) is 2. The van der Waals surface area contributed by atoms with E-state index in [-0.39, 0.29) is 0 Å². The molecule has 0 bridgehead atoms. The summed E-state index contributed by atoms with van der Waals surface area (Å²) < 4.78 is 0. The molecule has 1 aliphatic carbocycles. The minimum Gasteiger partial charge on any atom is -0.327 e. The van der Waals surface area contributed by atoms with Gasteiger partial charge in [-0.05, 0) is 105 Å². The lowest BCUT2D eigenvalue weighted by molar-refractivity contribution is 0.548. The zero-order valence-electron chi connectivity index (χ0n) is 28.9. The monoisotopic (exact) mass is 666 g/mol. The lowest BCUT2D eigenvalue weighted by atomic mass is 9.79. The molecule has 0 saturated heterocycles. The summed E-state index contributed by atoms with van der Waals surface area (Å²) in [6.45, 7) is 0. The summed E-state index contributed by atoms with van der Waals surface area (Å²) in [5.74, 6) is 0. The normalized spacial score (nSPS) is 15.3. The highest BCUT2D eigenvalue weighted by Gasteiger charge is 2.38. The minimum atomic E-state index is -0.436. The molecule has 0 saturated carbocycles. The summed E-state index contributed by atoms with van der Waals surface area (Å²) >= 11 is 0. The largest absolute Gasteiger partial charge is 0.327 e. The van der Waals surface area contributed by atoms with Gasteiger partial charge in [-0.2, -0.15) is 0 Å². The third kappa shape index (κ3) is 5.85. The first-order chi connectivity index (χ1) is 25.7. The van der Waals surface area contributed by atoms with Gasteiger partial charge in [0.15, 0.2) is 0 Å². The van der Waals surface area contributed by atoms with Crippen LogP contribution in [0.4, 0.5) is 28.4 Å². The number of para-hydroxylation sites is 2. The molecule has 0 amide bonds. The first kappa shape index (κ1) is 31.3. The smallest absolute Gasteiger partial charge is 0.0923 e. The van der Waals surface area contributed by atoms with Crippen LogP contribution in [0.1, 0.15) is 17.5 Å². The second kappa shape index (κ2) is 13.6. The average molecular weight is 667 g/mol. The van der Waals surface area contributed by atoms with Crippen LogP contribution in [0.5, 0.6) is 0 Å². The number of hydrogen-bond donors (Lipinski definition) is 0. The maximum atomic E-state index is 2.52. The van der Waals surface area contributed by atoms with Crippen molar-refractivity contribution < 1.29 is 0 Å². The molecule has 1 aliphatic rings. The molecule has 0 fully saturated rings. The van der Waals surface area contributed by atoms with E-state index in [1.54, 1.807) is 0 Å². The molecule has 0 spiro atoms. The van der Waals surface area contributed by atoms with Crippen LogP contribution < -0.4 is 9.80 Å². The Hall–Kier alpha value is -6.64. The first-order valence-corrected chi connectivity index (χ1v) is 18.0. The maximum Gasteiger partial charge on any atom is 0.0923 e. The average Bonchev–Trinajstić information content (AvgIpc) is 3.23. The third-order valence-electron chi connectivity index (χ3n) is 10.3. The Bertz CT molecular complexity index is 2540. The van der Waals surface area contributed by atoms with Crippen molar-refractivity contribution in [2.24, 2.45) is 0 Å². The van der Waals surface area contributed by atoms with E-state index < -0.39 is 5.54 Å². The summed E-state index contributed by atoms with van der Waals surface area (Å²) in [5, 5.41) is 4.94. The molecule has 0 N–H and O–H groups in total. The Labute approximate surface area is 305 Å². The molecule has 8 aromatic rings. The fourth-order valence-corrected chi connectivity index (χ4v) is 7.72. The van der Waals surface area contributed by atoms with Gasteiger partial charge in [-0.15, -0.1) is 0 Å². The maximum absolute atomic E-state index is 2.52. The Morgan fingerprint density at radius 1 is 0.385 bits per heavy atom. The lowest BCUT2D eigenvalue weighted by Gasteiger charge is -2.45. The third-order valence-corrected chi connectivity index (χ3v) is 10.3. The molecule has 0 radical (unpaired) electrons. The van der Waals surface area contributed by atoms with Crippen molar-refractivity contribution in [2.75, 3.05) is 9.80 Å². The van der Waals surface area contributed by atoms with Gasteiger partial charge in [0.25, 0.3) is 0 Å². The van der Waals surface area contributed by atoms with E-state index in [1.807, 2.05) is 0 Å². The zero-order valence-corrected chi connectivity index (χ0v) is 28.9. The van der Waals surface area contributed by atoms with E-state index in [1.165, 1.54) is 38.2 Å². The molecular formula is C50H38N2. The number of benzene rings is 8. The SMILES string of the molecule is C1=CC(c2ccccc2)(N(c2ccccc2)c2ccc3ccccc3c2)CC=C1c1ccc(N(c2ccccc2)c2ccc3ccccc3c2)cc1. The van der Waals surface area contributed by atoms with Gasteiger partial charge in [0.1, 0.15) is 0 Å². The van der Waals surface area contributed by atoms with Crippen LogP contribution in [-0.2, 0) is 5.54 Å². The second-order valence-corrected chi connectivity index (χ2v) is 13.4. The van der Waals surface area contributed by atoms with Gasteiger partial charge in [0, 0.05) is 28.4 Å². The highest BCUT2D eigenvalue weighted by Crippen LogP contribution is 2.47. The predicted octanol–water partition coefficient (Wildman–Crippen LogP) is 13.5. The van der Waals surface area contributed by atoms with Gasteiger partial charge in [0.05, 0.1) is 5.54 Å². The van der Waals surface area contributed by atoms with Gasteiger partial charge in [0.2, 0.25) is 0 Å². The van der Waals surface area contributed by atoms with E-state index >= 15 is 0 Å². The molecule has 8 aromatic carbocycles. The van der Waals surface area contributed by atoms with Gasteiger partial charge in [-0.1, -0.05) is 158 Å². The minimum absolute atomic E-state index is 0.436. The van der Waals surface area contributed by atoms with Crippen molar-refractivity contribution in [3.05, 3.63) is 230 Å². The number of fused-ring (bicyclic) bond motifs is 2. The summed E-state index contributed by atoms with van der Waals surface area (Å²) in [6.07, 6.45) is 7.96. The van der Waals surface area contributed by atoms with Crippen molar-refractivity contribution in [3.8, 4) is 0 Å². The number of allylic oxidation sites excluding steroid dienone is 2. The quantitative estimate of drug-likeness (QED) is 0.159. The zero-order chi connectivity index (χ0) is 34.7. The number of rotatable bonds is 8. The van der Waals surface area contributed by atoms with Crippen LogP contribution in [0.3, 0.4) is 0 Å². The molecule has 9 rings (SSSR count). The lowest BCUT2D eigenvalue weighted by Crippen LogP contribution is -2.42. The van der Waals surface area contributed by atoms with Crippen molar-refractivity contribution in [3.63, 3.8) is 0 Å². The van der Waals surface area contributed by atoms with Crippen LogP contribution in [0.15, 0.2) is 218 Å². The number of hydrogen-bond acceptors (Lipinski definition) is 2. The Kier molecular flexibility index (Phi) is 8.19. The summed E-state index contributed by atoms with van der Waals surface area (Å²) in [4.78, 5) is 4.85. The fraction of sp³-hybridized carbons (Fsp3) is 0.0400. The molecule has 0 heterocycles. The van der Waals surface area contributed by atoms with E-state index in [4.69, 9.17) is 0 Å². The Morgan fingerprint density at radius 3 is 1.46 bits per heavy atom. The van der Waals surface area contributed by atoms with Gasteiger partial charge in [-0.3, -0.25) is 0 Å². The van der Waals surface area contributed by atoms with Crippen molar-refractivity contribution in [1.29, 1.82) is 0 Å². The van der Waals surface area contributed by atoms with Gasteiger partial charge in [-0.25, -0.2) is 0 Å². The molecule has 1 atom stereocenters. The summed E-state index contributed by atoms with van der Waals surface area (Å²) in [5.41, 5.74) is 8.94. The molecule has 52 heavy (non-hydrogen) atoms. The second-order valence-electron chi connectivity index (χ2n) is 13.4. The first-order valence-electron chi connectivity index (χ1n) is 18.0. The van der Waals surface area contributed by atoms with Crippen LogP contribution in [0.2, 0.25) is 0 Å². The van der Waals surface area contributed by atoms with Crippen LogP contribution >= 0.6 is 0 Å². The van der Waals surface area contributed by atoms with Crippen molar-refractivity contribution >= 4 is 55.6 Å². The molecule has 2 heteroatoms. The molecule has 2 nitrogen and oxygen atoms in total. The van der Waals surface area contributed by atoms with Crippen LogP contribution in [-0.4, -0.2) is 0 Å². The molecule has 0 aliphatic heterocycles. The molecule has 1 unspecified atom stereocenters. The Balaban J connectivity index is 1.10. The number of anilines is 5. The molecule has 0 aromatic heterocycles. The van der Waals surface area contributed by atoms with E-state index in [0.717, 1.165) is 34.9 Å². The highest BCUT2D eigenvalue weighted by atomic mass is 15.2. The van der Waals surface area contributed by atoms with Gasteiger partial charge < -0.3 is 9.80 Å². The molecular weight excluding hydrogens is 629 g/mol.